The van der Waals surface area contributed by atoms with Crippen molar-refractivity contribution < 1.29 is 0 Å². The van der Waals surface area contributed by atoms with Gasteiger partial charge in [0, 0.05) is 70.0 Å². The SMILES string of the molecule is c1ccc(-c2ccc3ccc4ccc(-c5ccc(-c6cccc(-c7nc8ccccc8c8c7ccc7c9ccccc9sc78)c6)cn5)nc4c3n2)cc1. The number of rotatable bonds is 4. The third-order valence-corrected chi connectivity index (χ3v) is 11.5. The minimum atomic E-state index is 0.816. The summed E-state index contributed by atoms with van der Waals surface area (Å²) in [6.07, 6.45) is 1.95. The van der Waals surface area contributed by atoms with Crippen molar-refractivity contribution in [3.8, 4) is 45.0 Å². The Balaban J connectivity index is 0.991. The van der Waals surface area contributed by atoms with Gasteiger partial charge in [-0.3, -0.25) is 4.98 Å². The molecule has 0 aliphatic rings. The minimum Gasteiger partial charge on any atom is -0.254 e. The summed E-state index contributed by atoms with van der Waals surface area (Å²) in [5.74, 6) is 0. The van der Waals surface area contributed by atoms with E-state index in [0.717, 1.165) is 77.7 Å². The van der Waals surface area contributed by atoms with E-state index in [1.165, 1.54) is 30.9 Å². The largest absolute Gasteiger partial charge is 0.254 e. The number of para-hydroxylation sites is 1. The second-order valence-corrected chi connectivity index (χ2v) is 14.5. The Labute approximate surface area is 308 Å². The fraction of sp³-hybridized carbons (Fsp3) is 0. The van der Waals surface area contributed by atoms with Gasteiger partial charge in [-0.1, -0.05) is 127 Å². The van der Waals surface area contributed by atoms with Crippen LogP contribution in [0.15, 0.2) is 170 Å². The second-order valence-electron chi connectivity index (χ2n) is 13.4. The molecule has 0 saturated heterocycles. The van der Waals surface area contributed by atoms with E-state index in [0.29, 0.717) is 0 Å². The van der Waals surface area contributed by atoms with E-state index < -0.39 is 0 Å². The molecule has 0 aliphatic carbocycles. The predicted octanol–water partition coefficient (Wildman–Crippen LogP) is 12.9. The van der Waals surface area contributed by atoms with Crippen LogP contribution in [0.25, 0.3) is 109 Å². The molecule has 0 radical (unpaired) electrons. The first-order valence-corrected chi connectivity index (χ1v) is 18.5. The molecule has 246 valence electrons. The first-order valence-electron chi connectivity index (χ1n) is 17.7. The topological polar surface area (TPSA) is 51.6 Å². The molecule has 6 aromatic carbocycles. The predicted molar refractivity (Wildman–Crippen MR) is 222 cm³/mol. The standard InChI is InChI=1S/C48H28N4S/c1-2-9-29(10-3-1)39-24-19-30-17-18-31-20-26-42(52-47(31)46(30)50-39)41-25-21-34(28-49-41)32-11-8-12-33(27-32)45-38-23-22-36-35-13-5-7-16-43(35)53-48(36)44(38)37-14-4-6-15-40(37)51-45/h1-28H. The van der Waals surface area contributed by atoms with Crippen LogP contribution in [0.1, 0.15) is 0 Å². The minimum absolute atomic E-state index is 0.816. The van der Waals surface area contributed by atoms with E-state index in [-0.39, 0.29) is 0 Å². The molecule has 0 spiro atoms. The maximum Gasteiger partial charge on any atom is 0.0973 e. The van der Waals surface area contributed by atoms with Gasteiger partial charge < -0.3 is 0 Å². The van der Waals surface area contributed by atoms with Gasteiger partial charge in [-0.2, -0.15) is 0 Å². The van der Waals surface area contributed by atoms with Gasteiger partial charge in [-0.15, -0.1) is 11.3 Å². The van der Waals surface area contributed by atoms with Crippen LogP contribution >= 0.6 is 11.3 Å². The van der Waals surface area contributed by atoms with Crippen LogP contribution in [0.3, 0.4) is 0 Å². The van der Waals surface area contributed by atoms with E-state index in [1.807, 2.05) is 41.8 Å². The lowest BCUT2D eigenvalue weighted by molar-refractivity contribution is 1.27. The molecule has 53 heavy (non-hydrogen) atoms. The van der Waals surface area contributed by atoms with Gasteiger partial charge in [0.1, 0.15) is 0 Å². The van der Waals surface area contributed by atoms with Crippen molar-refractivity contribution in [2.24, 2.45) is 0 Å². The van der Waals surface area contributed by atoms with Crippen LogP contribution < -0.4 is 0 Å². The molecule has 5 aromatic heterocycles. The van der Waals surface area contributed by atoms with Crippen LogP contribution in [0.2, 0.25) is 0 Å². The Morgan fingerprint density at radius 1 is 0.396 bits per heavy atom. The number of benzene rings is 6. The summed E-state index contributed by atoms with van der Waals surface area (Å²) in [4.78, 5) is 20.4. The lowest BCUT2D eigenvalue weighted by Gasteiger charge is -2.12. The van der Waals surface area contributed by atoms with Crippen molar-refractivity contribution in [1.82, 2.24) is 19.9 Å². The number of thiophene rings is 1. The number of pyridine rings is 4. The normalized spacial score (nSPS) is 11.8. The van der Waals surface area contributed by atoms with E-state index >= 15 is 0 Å². The number of hydrogen-bond acceptors (Lipinski definition) is 5. The summed E-state index contributed by atoms with van der Waals surface area (Å²) in [5, 5.41) is 8.32. The highest BCUT2D eigenvalue weighted by atomic mass is 32.1. The molecule has 0 bridgehead atoms. The molecular formula is C48H28N4S. The fourth-order valence-corrected chi connectivity index (χ4v) is 8.94. The van der Waals surface area contributed by atoms with Crippen molar-refractivity contribution in [3.63, 3.8) is 0 Å². The number of nitrogens with zero attached hydrogens (tertiary/aromatic N) is 4. The van der Waals surface area contributed by atoms with E-state index in [4.69, 9.17) is 19.9 Å². The molecular weight excluding hydrogens is 665 g/mol. The fourth-order valence-electron chi connectivity index (χ4n) is 7.68. The van der Waals surface area contributed by atoms with E-state index in [1.54, 1.807) is 0 Å². The molecule has 11 aromatic rings. The zero-order valence-corrected chi connectivity index (χ0v) is 29.2. The molecule has 0 aliphatic heterocycles. The Kier molecular flexibility index (Phi) is 6.69. The van der Waals surface area contributed by atoms with Crippen LogP contribution in [-0.4, -0.2) is 19.9 Å². The summed E-state index contributed by atoms with van der Waals surface area (Å²) in [5.41, 5.74) is 10.6. The molecule has 0 unspecified atom stereocenters. The third kappa shape index (κ3) is 4.90. The summed E-state index contributed by atoms with van der Waals surface area (Å²) < 4.78 is 2.61. The Morgan fingerprint density at radius 3 is 1.89 bits per heavy atom. The Bertz CT molecular complexity index is 3220. The first-order chi connectivity index (χ1) is 26.2. The summed E-state index contributed by atoms with van der Waals surface area (Å²) in [6, 6.07) is 57.4. The highest BCUT2D eigenvalue weighted by Gasteiger charge is 2.17. The van der Waals surface area contributed by atoms with Crippen LogP contribution in [0.5, 0.6) is 0 Å². The van der Waals surface area contributed by atoms with Crippen molar-refractivity contribution in [1.29, 1.82) is 0 Å². The third-order valence-electron chi connectivity index (χ3n) is 10.3. The highest BCUT2D eigenvalue weighted by Crippen LogP contribution is 2.43. The van der Waals surface area contributed by atoms with Gasteiger partial charge in [0.25, 0.3) is 0 Å². The van der Waals surface area contributed by atoms with E-state index in [9.17, 15) is 0 Å². The van der Waals surface area contributed by atoms with Crippen LogP contribution in [0, 0.1) is 0 Å². The Hall–Kier alpha value is -6.82. The lowest BCUT2D eigenvalue weighted by atomic mass is 9.96. The van der Waals surface area contributed by atoms with Gasteiger partial charge in [0.05, 0.1) is 39.3 Å². The first kappa shape index (κ1) is 29.9. The molecule has 0 saturated carbocycles. The highest BCUT2D eigenvalue weighted by molar-refractivity contribution is 7.26. The van der Waals surface area contributed by atoms with Crippen molar-refractivity contribution >= 4 is 75.0 Å². The van der Waals surface area contributed by atoms with Crippen molar-refractivity contribution in [2.75, 3.05) is 0 Å². The second kappa shape index (κ2) is 11.9. The quantitative estimate of drug-likeness (QED) is 0.172. The molecule has 0 atom stereocenters. The molecule has 5 heteroatoms. The molecule has 0 fully saturated rings. The van der Waals surface area contributed by atoms with Gasteiger partial charge >= 0.3 is 0 Å². The summed E-state index contributed by atoms with van der Waals surface area (Å²) >= 11 is 1.87. The van der Waals surface area contributed by atoms with Crippen LogP contribution in [0.4, 0.5) is 0 Å². The van der Waals surface area contributed by atoms with Gasteiger partial charge in [-0.25, -0.2) is 15.0 Å². The monoisotopic (exact) mass is 692 g/mol. The molecule has 0 N–H and O–H groups in total. The van der Waals surface area contributed by atoms with Gasteiger partial charge in [0.15, 0.2) is 0 Å². The van der Waals surface area contributed by atoms with E-state index in [2.05, 4.69) is 140 Å². The molecule has 5 heterocycles. The molecule has 11 rings (SSSR count). The number of fused-ring (bicyclic) bond motifs is 10. The van der Waals surface area contributed by atoms with Gasteiger partial charge in [-0.05, 0) is 42.0 Å². The zero-order chi connectivity index (χ0) is 34.9. The number of aromatic nitrogens is 4. The maximum atomic E-state index is 5.27. The molecule has 4 nitrogen and oxygen atoms in total. The smallest absolute Gasteiger partial charge is 0.0973 e. The van der Waals surface area contributed by atoms with Crippen molar-refractivity contribution in [3.05, 3.63) is 170 Å². The van der Waals surface area contributed by atoms with Crippen LogP contribution in [-0.2, 0) is 0 Å². The Morgan fingerprint density at radius 2 is 1.06 bits per heavy atom. The lowest BCUT2D eigenvalue weighted by Crippen LogP contribution is -1.93. The van der Waals surface area contributed by atoms with Gasteiger partial charge in [0.2, 0.25) is 0 Å². The summed E-state index contributed by atoms with van der Waals surface area (Å²) in [6.45, 7) is 0. The zero-order valence-electron chi connectivity index (χ0n) is 28.4. The summed E-state index contributed by atoms with van der Waals surface area (Å²) in [7, 11) is 0. The molecule has 0 amide bonds. The average molecular weight is 693 g/mol. The number of hydrogen-bond donors (Lipinski definition) is 0. The maximum absolute atomic E-state index is 5.27. The average Bonchev–Trinajstić information content (AvgIpc) is 3.62. The van der Waals surface area contributed by atoms with Crippen molar-refractivity contribution in [2.45, 2.75) is 0 Å².